The van der Waals surface area contributed by atoms with E-state index in [-0.39, 0.29) is 19.0 Å². The minimum absolute atomic E-state index is 0.00511. The van der Waals surface area contributed by atoms with Crippen LogP contribution < -0.4 is 5.73 Å². The Balaban J connectivity index is 2.27. The molecule has 14 heavy (non-hydrogen) atoms. The van der Waals surface area contributed by atoms with E-state index in [1.165, 1.54) is 0 Å². The number of rotatable bonds is 3. The van der Waals surface area contributed by atoms with Crippen molar-refractivity contribution in [3.05, 3.63) is 0 Å². The van der Waals surface area contributed by atoms with E-state index in [1.807, 2.05) is 0 Å². The molecule has 0 aromatic carbocycles. The molecule has 1 heterocycles. The summed E-state index contributed by atoms with van der Waals surface area (Å²) in [6.07, 6.45) is -2.30. The highest BCUT2D eigenvalue weighted by molar-refractivity contribution is 5.78. The van der Waals surface area contributed by atoms with Crippen LogP contribution in [-0.2, 0) is 4.79 Å². The highest BCUT2D eigenvalue weighted by atomic mass is 19.3. The average Bonchev–Trinajstić information content (AvgIpc) is 2.17. The Bertz CT molecular complexity index is 193. The Morgan fingerprint density at radius 3 is 2.29 bits per heavy atom. The lowest BCUT2D eigenvalue weighted by molar-refractivity contribution is -0.131. The van der Waals surface area contributed by atoms with Crippen LogP contribution >= 0.6 is 0 Å². The molecule has 0 radical (unpaired) electrons. The Kier molecular flexibility index (Phi) is 4.21. The second-order valence-corrected chi connectivity index (χ2v) is 3.28. The molecule has 1 amide bonds. The van der Waals surface area contributed by atoms with Gasteiger partial charge in [-0.25, -0.2) is 8.78 Å². The minimum Gasteiger partial charge on any atom is -0.339 e. The number of nitrogens with zero attached hydrogens (tertiary/aromatic N) is 2. The van der Waals surface area contributed by atoms with Gasteiger partial charge in [0.2, 0.25) is 5.91 Å². The first-order valence-electron chi connectivity index (χ1n) is 4.62. The lowest BCUT2D eigenvalue weighted by Crippen LogP contribution is -2.51. The van der Waals surface area contributed by atoms with Crippen molar-refractivity contribution >= 4 is 5.91 Å². The van der Waals surface area contributed by atoms with E-state index in [1.54, 1.807) is 9.80 Å². The molecule has 82 valence electrons. The summed E-state index contributed by atoms with van der Waals surface area (Å²) < 4.78 is 24.0. The molecule has 1 saturated heterocycles. The van der Waals surface area contributed by atoms with Crippen molar-refractivity contribution in [3.8, 4) is 0 Å². The molecule has 6 heteroatoms. The maximum absolute atomic E-state index is 12.0. The maximum Gasteiger partial charge on any atom is 0.251 e. The molecule has 4 nitrogen and oxygen atoms in total. The van der Waals surface area contributed by atoms with Crippen LogP contribution in [0.5, 0.6) is 0 Å². The molecule has 0 spiro atoms. The zero-order valence-corrected chi connectivity index (χ0v) is 7.96. The van der Waals surface area contributed by atoms with E-state index >= 15 is 0 Å². The number of piperazine rings is 1. The number of carbonyl (C=O) groups is 1. The second-order valence-electron chi connectivity index (χ2n) is 3.28. The van der Waals surface area contributed by atoms with Gasteiger partial charge >= 0.3 is 0 Å². The van der Waals surface area contributed by atoms with E-state index in [4.69, 9.17) is 5.73 Å². The third kappa shape index (κ3) is 3.19. The first kappa shape index (κ1) is 11.3. The predicted molar refractivity (Wildman–Crippen MR) is 48.1 cm³/mol. The molecular weight excluding hydrogens is 192 g/mol. The van der Waals surface area contributed by atoms with Crippen LogP contribution in [0, 0.1) is 0 Å². The fourth-order valence-corrected chi connectivity index (χ4v) is 1.50. The second kappa shape index (κ2) is 5.21. The number of hydrogen-bond acceptors (Lipinski definition) is 3. The number of halogens is 2. The molecule has 0 aromatic rings. The van der Waals surface area contributed by atoms with E-state index < -0.39 is 6.43 Å². The third-order valence-electron chi connectivity index (χ3n) is 2.30. The predicted octanol–water partition coefficient (Wildman–Crippen LogP) is -0.646. The molecule has 0 aromatic heterocycles. The molecule has 1 rings (SSSR count). The highest BCUT2D eigenvalue weighted by Gasteiger charge is 2.21. The van der Waals surface area contributed by atoms with Gasteiger partial charge in [0.15, 0.2) is 0 Å². The van der Waals surface area contributed by atoms with Gasteiger partial charge in [-0.2, -0.15) is 0 Å². The Morgan fingerprint density at radius 2 is 1.86 bits per heavy atom. The lowest BCUT2D eigenvalue weighted by Gasteiger charge is -2.34. The van der Waals surface area contributed by atoms with Gasteiger partial charge in [0.25, 0.3) is 6.43 Å². The topological polar surface area (TPSA) is 49.6 Å². The molecule has 0 unspecified atom stereocenters. The zero-order valence-electron chi connectivity index (χ0n) is 7.96. The van der Waals surface area contributed by atoms with Crippen molar-refractivity contribution in [1.29, 1.82) is 0 Å². The summed E-state index contributed by atoms with van der Waals surface area (Å²) in [5, 5.41) is 0. The number of carbonyl (C=O) groups excluding carboxylic acids is 1. The molecule has 1 aliphatic rings. The molecule has 0 aliphatic carbocycles. The van der Waals surface area contributed by atoms with Crippen molar-refractivity contribution in [2.45, 2.75) is 6.43 Å². The van der Waals surface area contributed by atoms with E-state index in [2.05, 4.69) is 0 Å². The van der Waals surface area contributed by atoms with E-state index in [9.17, 15) is 13.6 Å². The largest absolute Gasteiger partial charge is 0.339 e. The van der Waals surface area contributed by atoms with Crippen LogP contribution in [0.2, 0.25) is 0 Å². The summed E-state index contributed by atoms with van der Waals surface area (Å²) in [6.45, 7) is 1.82. The van der Waals surface area contributed by atoms with Gasteiger partial charge in [0, 0.05) is 26.2 Å². The van der Waals surface area contributed by atoms with Gasteiger partial charge in [-0.1, -0.05) is 0 Å². The maximum atomic E-state index is 12.0. The Morgan fingerprint density at radius 1 is 1.29 bits per heavy atom. The number of amides is 1. The quantitative estimate of drug-likeness (QED) is 0.669. The Hall–Kier alpha value is -0.750. The molecule has 0 bridgehead atoms. The summed E-state index contributed by atoms with van der Waals surface area (Å²) in [5.41, 5.74) is 5.19. The summed E-state index contributed by atoms with van der Waals surface area (Å²) in [4.78, 5) is 14.4. The summed E-state index contributed by atoms with van der Waals surface area (Å²) in [6, 6.07) is 0. The summed E-state index contributed by atoms with van der Waals surface area (Å²) in [7, 11) is 0. The minimum atomic E-state index is -2.30. The average molecular weight is 207 g/mol. The smallest absolute Gasteiger partial charge is 0.251 e. The number of nitrogens with two attached hydrogens (primary N) is 1. The summed E-state index contributed by atoms with van der Waals surface area (Å²) >= 11 is 0. The van der Waals surface area contributed by atoms with Crippen molar-refractivity contribution in [2.24, 2.45) is 5.73 Å². The van der Waals surface area contributed by atoms with Crippen molar-refractivity contribution in [2.75, 3.05) is 39.3 Å². The SMILES string of the molecule is NCC(=O)N1CCN(CC(F)F)CC1. The van der Waals surface area contributed by atoms with Gasteiger partial charge in [-0.3, -0.25) is 9.69 Å². The molecular formula is C8H15F2N3O. The number of alkyl halides is 2. The molecule has 2 N–H and O–H groups in total. The van der Waals surface area contributed by atoms with Crippen LogP contribution in [0.3, 0.4) is 0 Å². The van der Waals surface area contributed by atoms with Crippen molar-refractivity contribution in [3.63, 3.8) is 0 Å². The fourth-order valence-electron chi connectivity index (χ4n) is 1.50. The standard InChI is InChI=1S/C8H15F2N3O/c9-7(10)6-12-1-3-13(4-2-12)8(14)5-11/h7H,1-6,11H2. The van der Waals surface area contributed by atoms with Crippen LogP contribution in [0.1, 0.15) is 0 Å². The van der Waals surface area contributed by atoms with Crippen LogP contribution in [0.4, 0.5) is 8.78 Å². The lowest BCUT2D eigenvalue weighted by atomic mass is 10.3. The first-order valence-corrected chi connectivity index (χ1v) is 4.62. The van der Waals surface area contributed by atoms with Gasteiger partial charge in [-0.05, 0) is 0 Å². The Labute approximate surface area is 81.6 Å². The van der Waals surface area contributed by atoms with E-state index in [0.29, 0.717) is 26.2 Å². The normalized spacial score (nSPS) is 19.0. The molecule has 0 saturated carbocycles. The third-order valence-corrected chi connectivity index (χ3v) is 2.30. The van der Waals surface area contributed by atoms with Crippen molar-refractivity contribution in [1.82, 2.24) is 9.80 Å². The number of hydrogen-bond donors (Lipinski definition) is 1. The molecule has 1 aliphatic heterocycles. The molecule has 1 fully saturated rings. The first-order chi connectivity index (χ1) is 6.63. The van der Waals surface area contributed by atoms with Gasteiger partial charge in [0.05, 0.1) is 13.1 Å². The van der Waals surface area contributed by atoms with Crippen LogP contribution in [-0.4, -0.2) is 61.4 Å². The van der Waals surface area contributed by atoms with E-state index in [0.717, 1.165) is 0 Å². The van der Waals surface area contributed by atoms with Gasteiger partial charge in [0.1, 0.15) is 0 Å². The van der Waals surface area contributed by atoms with Crippen LogP contribution in [0.25, 0.3) is 0 Å². The van der Waals surface area contributed by atoms with Gasteiger partial charge < -0.3 is 10.6 Å². The van der Waals surface area contributed by atoms with Gasteiger partial charge in [-0.15, -0.1) is 0 Å². The zero-order chi connectivity index (χ0) is 10.6. The summed E-state index contributed by atoms with van der Waals surface area (Å²) in [5.74, 6) is -0.110. The highest BCUT2D eigenvalue weighted by Crippen LogP contribution is 2.04. The van der Waals surface area contributed by atoms with Crippen LogP contribution in [0.15, 0.2) is 0 Å². The fraction of sp³-hybridized carbons (Fsp3) is 0.875. The molecule has 0 atom stereocenters. The van der Waals surface area contributed by atoms with Crippen molar-refractivity contribution < 1.29 is 13.6 Å². The monoisotopic (exact) mass is 207 g/mol.